The highest BCUT2D eigenvalue weighted by molar-refractivity contribution is 6.33. The molecule has 0 saturated carbocycles. The van der Waals surface area contributed by atoms with Crippen LogP contribution in [0.15, 0.2) is 42.7 Å². The number of aryl methyl sites for hydroxylation is 2. The van der Waals surface area contributed by atoms with Crippen LogP contribution in [-0.2, 0) is 10.4 Å². The van der Waals surface area contributed by atoms with Gasteiger partial charge < -0.3 is 4.74 Å². The molecule has 0 aliphatic rings. The fourth-order valence-corrected chi connectivity index (χ4v) is 3.91. The van der Waals surface area contributed by atoms with Gasteiger partial charge in [0, 0.05) is 17.3 Å². The molecule has 0 radical (unpaired) electrons. The quantitative estimate of drug-likeness (QED) is 0.261. The van der Waals surface area contributed by atoms with Crippen LogP contribution in [-0.4, -0.2) is 34.7 Å². The molecule has 3 rings (SSSR count). The van der Waals surface area contributed by atoms with Gasteiger partial charge in [0.2, 0.25) is 0 Å². The predicted molar refractivity (Wildman–Crippen MR) is 114 cm³/mol. The third-order valence-corrected chi connectivity index (χ3v) is 5.62. The van der Waals surface area contributed by atoms with E-state index < -0.39 is 29.6 Å². The van der Waals surface area contributed by atoms with E-state index in [1.807, 2.05) is 0 Å². The summed E-state index contributed by atoms with van der Waals surface area (Å²) < 4.78 is 99.9. The highest BCUT2D eigenvalue weighted by Gasteiger charge is 2.73. The molecule has 0 aliphatic carbocycles. The van der Waals surface area contributed by atoms with Gasteiger partial charge in [0.1, 0.15) is 0 Å². The van der Waals surface area contributed by atoms with E-state index in [9.17, 15) is 35.5 Å². The van der Waals surface area contributed by atoms with Crippen molar-refractivity contribution in [1.82, 2.24) is 9.78 Å². The first kappa shape index (κ1) is 26.5. The summed E-state index contributed by atoms with van der Waals surface area (Å²) in [7, 11) is 0. The van der Waals surface area contributed by atoms with Gasteiger partial charge in [-0.15, -0.1) is 0 Å². The number of benzene rings is 2. The summed E-state index contributed by atoms with van der Waals surface area (Å²) in [6, 6.07) is 5.48. The maximum Gasteiger partial charge on any atom is 0.435 e. The predicted octanol–water partition coefficient (Wildman–Crippen LogP) is 7.28. The van der Waals surface area contributed by atoms with Gasteiger partial charge in [-0.05, 0) is 55.7 Å². The van der Waals surface area contributed by atoms with Crippen molar-refractivity contribution in [2.75, 3.05) is 6.61 Å². The minimum Gasteiger partial charge on any atom is -0.462 e. The second kappa shape index (κ2) is 9.18. The molecule has 0 unspecified atom stereocenters. The van der Waals surface area contributed by atoms with Crippen molar-refractivity contribution in [3.05, 3.63) is 70.0 Å². The number of esters is 1. The number of carbonyl (C=O) groups is 1. The van der Waals surface area contributed by atoms with Crippen molar-refractivity contribution in [1.29, 1.82) is 0 Å². The number of halogens is 8. The van der Waals surface area contributed by atoms with E-state index >= 15 is 0 Å². The molecular weight excluding hydrogens is 505 g/mol. The first-order chi connectivity index (χ1) is 16.1. The fraction of sp³-hybridized carbons (Fsp3) is 0.304. The Hall–Kier alpha value is -3.08. The van der Waals surface area contributed by atoms with Crippen LogP contribution in [0.5, 0.6) is 0 Å². The van der Waals surface area contributed by atoms with Gasteiger partial charge in [0.25, 0.3) is 0 Å². The summed E-state index contributed by atoms with van der Waals surface area (Å²) in [5, 5.41) is 4.30. The molecule has 0 spiro atoms. The van der Waals surface area contributed by atoms with Crippen molar-refractivity contribution < 1.29 is 40.3 Å². The number of nitrogens with zero attached hydrogens (tertiary/aromatic N) is 2. The van der Waals surface area contributed by atoms with Crippen LogP contribution < -0.4 is 0 Å². The minimum atomic E-state index is -6.21. The van der Waals surface area contributed by atoms with E-state index in [-0.39, 0.29) is 33.9 Å². The molecule has 1 heterocycles. The smallest absolute Gasteiger partial charge is 0.435 e. The van der Waals surface area contributed by atoms with Gasteiger partial charge in [-0.25, -0.2) is 13.9 Å². The number of rotatable bonds is 5. The standard InChI is InChI=1S/C23H18ClF7N2O2/c1-4-35-20(34)17-9-16(5-6-18(17)24)33-11-14(10-32-33)19-12(2)7-15(8-13(19)3)21(25,22(26,27)28)23(29,30)31/h5-11H,4H2,1-3H3. The summed E-state index contributed by atoms with van der Waals surface area (Å²) in [5.74, 6) is -0.655. The van der Waals surface area contributed by atoms with E-state index in [4.69, 9.17) is 16.3 Å². The SMILES string of the molecule is CCOC(=O)c1cc(-n2cc(-c3c(C)cc(C(F)(C(F)(F)F)C(F)(F)F)cc3C)cn2)ccc1Cl. The van der Waals surface area contributed by atoms with Crippen molar-refractivity contribution in [3.63, 3.8) is 0 Å². The van der Waals surface area contributed by atoms with Crippen LogP contribution in [0.2, 0.25) is 5.02 Å². The molecule has 188 valence electrons. The van der Waals surface area contributed by atoms with Crippen molar-refractivity contribution in [2.45, 2.75) is 38.8 Å². The summed E-state index contributed by atoms with van der Waals surface area (Å²) in [6.07, 6.45) is -9.61. The fourth-order valence-electron chi connectivity index (χ4n) is 3.72. The summed E-state index contributed by atoms with van der Waals surface area (Å²) >= 11 is 6.05. The molecule has 3 aromatic rings. The highest BCUT2D eigenvalue weighted by Crippen LogP contribution is 2.54. The topological polar surface area (TPSA) is 44.1 Å². The van der Waals surface area contributed by atoms with Gasteiger partial charge in [-0.1, -0.05) is 23.7 Å². The Morgan fingerprint density at radius 2 is 1.57 bits per heavy atom. The first-order valence-electron chi connectivity index (χ1n) is 10.1. The molecule has 0 fully saturated rings. The third-order valence-electron chi connectivity index (χ3n) is 5.29. The normalized spacial score (nSPS) is 12.7. The highest BCUT2D eigenvalue weighted by atomic mass is 35.5. The second-order valence-electron chi connectivity index (χ2n) is 7.70. The molecule has 0 saturated heterocycles. The molecule has 2 aromatic carbocycles. The second-order valence-corrected chi connectivity index (χ2v) is 8.10. The molecule has 0 amide bonds. The van der Waals surface area contributed by atoms with E-state index in [2.05, 4.69) is 5.10 Å². The van der Waals surface area contributed by atoms with E-state index in [1.54, 1.807) is 13.0 Å². The summed E-state index contributed by atoms with van der Waals surface area (Å²) in [5.41, 5.74) is -6.00. The van der Waals surface area contributed by atoms with E-state index in [0.29, 0.717) is 23.4 Å². The Morgan fingerprint density at radius 3 is 2.09 bits per heavy atom. The molecule has 4 nitrogen and oxygen atoms in total. The Balaban J connectivity index is 2.06. The van der Waals surface area contributed by atoms with Crippen LogP contribution in [0, 0.1) is 13.8 Å². The molecular formula is C23H18ClF7N2O2. The monoisotopic (exact) mass is 522 g/mol. The van der Waals surface area contributed by atoms with Gasteiger partial charge in [0.05, 0.1) is 29.1 Å². The van der Waals surface area contributed by atoms with Crippen LogP contribution >= 0.6 is 11.6 Å². The maximum atomic E-state index is 14.5. The zero-order chi connectivity index (χ0) is 26.3. The molecule has 0 atom stereocenters. The van der Waals surface area contributed by atoms with E-state index in [1.165, 1.54) is 43.1 Å². The lowest BCUT2D eigenvalue weighted by Gasteiger charge is -2.31. The van der Waals surface area contributed by atoms with Gasteiger partial charge in [-0.2, -0.15) is 31.4 Å². The number of hydrogen-bond acceptors (Lipinski definition) is 3. The zero-order valence-corrected chi connectivity index (χ0v) is 19.2. The first-order valence-corrected chi connectivity index (χ1v) is 10.5. The Morgan fingerprint density at radius 1 is 1.00 bits per heavy atom. The maximum absolute atomic E-state index is 14.5. The zero-order valence-electron chi connectivity index (χ0n) is 18.5. The Bertz CT molecular complexity index is 1230. The molecule has 35 heavy (non-hydrogen) atoms. The summed E-state index contributed by atoms with van der Waals surface area (Å²) in [6.45, 7) is 4.30. The lowest BCUT2D eigenvalue weighted by Crippen LogP contribution is -2.50. The molecule has 1 aromatic heterocycles. The largest absolute Gasteiger partial charge is 0.462 e. The van der Waals surface area contributed by atoms with Gasteiger partial charge >= 0.3 is 24.0 Å². The lowest BCUT2D eigenvalue weighted by molar-refractivity contribution is -0.348. The van der Waals surface area contributed by atoms with Gasteiger partial charge in [0.15, 0.2) is 0 Å². The number of hydrogen-bond donors (Lipinski definition) is 0. The van der Waals surface area contributed by atoms with Crippen LogP contribution in [0.1, 0.15) is 34.0 Å². The van der Waals surface area contributed by atoms with Crippen LogP contribution in [0.3, 0.4) is 0 Å². The van der Waals surface area contributed by atoms with Crippen molar-refractivity contribution in [3.8, 4) is 16.8 Å². The Labute approximate surface area is 200 Å². The van der Waals surface area contributed by atoms with Crippen LogP contribution in [0.4, 0.5) is 30.7 Å². The van der Waals surface area contributed by atoms with E-state index in [0.717, 1.165) is 0 Å². The summed E-state index contributed by atoms with van der Waals surface area (Å²) in [4.78, 5) is 12.1. The number of ether oxygens (including phenoxy) is 1. The number of carbonyl (C=O) groups excluding carboxylic acids is 1. The lowest BCUT2D eigenvalue weighted by atomic mass is 9.87. The average molecular weight is 523 g/mol. The van der Waals surface area contributed by atoms with Crippen molar-refractivity contribution >= 4 is 17.6 Å². The van der Waals surface area contributed by atoms with Crippen LogP contribution in [0.25, 0.3) is 16.8 Å². The third kappa shape index (κ3) is 4.73. The molecule has 0 bridgehead atoms. The van der Waals surface area contributed by atoms with Gasteiger partial charge in [-0.3, -0.25) is 0 Å². The molecule has 0 aliphatic heterocycles. The Kier molecular flexibility index (Phi) is 6.95. The minimum absolute atomic E-state index is 0.0154. The molecule has 0 N–H and O–H groups in total. The molecule has 12 heteroatoms. The number of aromatic nitrogens is 2. The van der Waals surface area contributed by atoms with Crippen molar-refractivity contribution in [2.24, 2.45) is 0 Å². The average Bonchev–Trinajstić information content (AvgIpc) is 3.21. The number of alkyl halides is 7.